The van der Waals surface area contributed by atoms with Gasteiger partial charge in [0.1, 0.15) is 5.75 Å². The van der Waals surface area contributed by atoms with Gasteiger partial charge in [0, 0.05) is 0 Å². The van der Waals surface area contributed by atoms with Crippen molar-refractivity contribution < 1.29 is 14.6 Å². The third-order valence-electron chi connectivity index (χ3n) is 3.92. The first kappa shape index (κ1) is 19.3. The number of ether oxygens (including phenoxy) is 1. The number of carboxylic acids is 1. The van der Waals surface area contributed by atoms with E-state index in [0.717, 1.165) is 18.6 Å². The summed E-state index contributed by atoms with van der Waals surface area (Å²) < 4.78 is 5.62. The molecule has 1 rings (SSSR count). The lowest BCUT2D eigenvalue weighted by atomic mass is 10.1. The lowest BCUT2D eigenvalue weighted by molar-refractivity contribution is 0.0697. The van der Waals surface area contributed by atoms with Crippen LogP contribution in [0.15, 0.2) is 36.9 Å². The molecule has 0 spiro atoms. The quantitative estimate of drug-likeness (QED) is 0.346. The van der Waals surface area contributed by atoms with E-state index in [1.54, 1.807) is 24.3 Å². The molecule has 3 nitrogen and oxygen atoms in total. The van der Waals surface area contributed by atoms with Gasteiger partial charge in [-0.25, -0.2) is 4.79 Å². The molecule has 0 aliphatic rings. The Morgan fingerprint density at radius 1 is 0.913 bits per heavy atom. The number of rotatable bonds is 14. The minimum Gasteiger partial charge on any atom is -0.494 e. The van der Waals surface area contributed by atoms with Crippen molar-refractivity contribution in [2.24, 2.45) is 0 Å². The SMILES string of the molecule is C=CCCCCCCCCCCCOc1ccc(C(=O)O)cc1. The molecule has 0 heterocycles. The Morgan fingerprint density at radius 3 is 1.96 bits per heavy atom. The fraction of sp³-hybridized carbons (Fsp3) is 0.550. The molecule has 0 atom stereocenters. The Hall–Kier alpha value is -1.77. The van der Waals surface area contributed by atoms with Crippen molar-refractivity contribution in [1.29, 1.82) is 0 Å². The summed E-state index contributed by atoms with van der Waals surface area (Å²) in [5.74, 6) is -0.160. The van der Waals surface area contributed by atoms with Gasteiger partial charge in [0.2, 0.25) is 0 Å². The highest BCUT2D eigenvalue weighted by Gasteiger charge is 2.01. The number of carbonyl (C=O) groups is 1. The van der Waals surface area contributed by atoms with Crippen molar-refractivity contribution in [1.82, 2.24) is 0 Å². The number of aromatic carboxylic acids is 1. The second-order valence-electron chi connectivity index (χ2n) is 5.94. The third-order valence-corrected chi connectivity index (χ3v) is 3.92. The summed E-state index contributed by atoms with van der Waals surface area (Å²) in [4.78, 5) is 10.7. The van der Waals surface area contributed by atoms with E-state index in [1.165, 1.54) is 51.4 Å². The average molecular weight is 318 g/mol. The van der Waals surface area contributed by atoms with Gasteiger partial charge in [-0.15, -0.1) is 6.58 Å². The summed E-state index contributed by atoms with van der Waals surface area (Å²) in [6.45, 7) is 4.44. The van der Waals surface area contributed by atoms with Crippen LogP contribution in [0, 0.1) is 0 Å². The third kappa shape index (κ3) is 9.77. The molecule has 0 amide bonds. The van der Waals surface area contributed by atoms with Crippen molar-refractivity contribution in [3.63, 3.8) is 0 Å². The van der Waals surface area contributed by atoms with Gasteiger partial charge < -0.3 is 9.84 Å². The zero-order valence-electron chi connectivity index (χ0n) is 14.1. The maximum Gasteiger partial charge on any atom is 0.335 e. The molecule has 23 heavy (non-hydrogen) atoms. The van der Waals surface area contributed by atoms with Crippen LogP contribution in [-0.2, 0) is 0 Å². The smallest absolute Gasteiger partial charge is 0.335 e. The molecule has 0 fully saturated rings. The maximum absolute atomic E-state index is 10.7. The van der Waals surface area contributed by atoms with E-state index in [0.29, 0.717) is 12.2 Å². The zero-order chi connectivity index (χ0) is 16.8. The highest BCUT2D eigenvalue weighted by molar-refractivity contribution is 5.87. The van der Waals surface area contributed by atoms with E-state index in [1.807, 2.05) is 6.08 Å². The van der Waals surface area contributed by atoms with Crippen LogP contribution in [0.3, 0.4) is 0 Å². The number of hydrogen-bond donors (Lipinski definition) is 1. The van der Waals surface area contributed by atoms with Crippen LogP contribution in [0.25, 0.3) is 0 Å². The van der Waals surface area contributed by atoms with Crippen LogP contribution in [0.2, 0.25) is 0 Å². The molecule has 0 aliphatic carbocycles. The molecule has 0 bridgehead atoms. The largest absolute Gasteiger partial charge is 0.494 e. The molecule has 0 aliphatic heterocycles. The van der Waals surface area contributed by atoms with Crippen molar-refractivity contribution in [2.75, 3.05) is 6.61 Å². The Balaban J connectivity index is 1.91. The molecule has 1 aromatic carbocycles. The van der Waals surface area contributed by atoms with Crippen molar-refractivity contribution in [2.45, 2.75) is 64.2 Å². The minimum absolute atomic E-state index is 0.293. The van der Waals surface area contributed by atoms with E-state index in [2.05, 4.69) is 6.58 Å². The molecule has 128 valence electrons. The predicted octanol–water partition coefficient (Wildman–Crippen LogP) is 5.85. The molecule has 0 aromatic heterocycles. The number of allylic oxidation sites excluding steroid dienone is 1. The topological polar surface area (TPSA) is 46.5 Å². The van der Waals surface area contributed by atoms with Crippen LogP contribution in [0.5, 0.6) is 5.75 Å². The molecule has 1 N–H and O–H groups in total. The number of hydrogen-bond acceptors (Lipinski definition) is 2. The normalized spacial score (nSPS) is 10.4. The highest BCUT2D eigenvalue weighted by atomic mass is 16.5. The Bertz CT molecular complexity index is 437. The zero-order valence-corrected chi connectivity index (χ0v) is 14.1. The van der Waals surface area contributed by atoms with Gasteiger partial charge in [-0.1, -0.05) is 51.0 Å². The van der Waals surface area contributed by atoms with Crippen LogP contribution >= 0.6 is 0 Å². The van der Waals surface area contributed by atoms with E-state index >= 15 is 0 Å². The molecule has 0 saturated carbocycles. The van der Waals surface area contributed by atoms with E-state index in [9.17, 15) is 4.79 Å². The van der Waals surface area contributed by atoms with E-state index in [4.69, 9.17) is 9.84 Å². The first-order valence-electron chi connectivity index (χ1n) is 8.81. The Kier molecular flexibility index (Phi) is 10.7. The lowest BCUT2D eigenvalue weighted by Gasteiger charge is -2.06. The van der Waals surface area contributed by atoms with E-state index < -0.39 is 5.97 Å². The number of carboxylic acid groups (broad SMARTS) is 1. The average Bonchev–Trinajstić information content (AvgIpc) is 2.56. The van der Waals surface area contributed by atoms with Crippen LogP contribution in [-0.4, -0.2) is 17.7 Å². The monoisotopic (exact) mass is 318 g/mol. The van der Waals surface area contributed by atoms with Gasteiger partial charge in [0.25, 0.3) is 0 Å². The Labute approximate surface area is 140 Å². The summed E-state index contributed by atoms with van der Waals surface area (Å²) in [5.41, 5.74) is 0.293. The van der Waals surface area contributed by atoms with Gasteiger partial charge >= 0.3 is 5.97 Å². The highest BCUT2D eigenvalue weighted by Crippen LogP contribution is 2.14. The molecular weight excluding hydrogens is 288 g/mol. The van der Waals surface area contributed by atoms with Crippen molar-refractivity contribution in [3.8, 4) is 5.75 Å². The second kappa shape index (κ2) is 12.7. The summed E-state index contributed by atoms with van der Waals surface area (Å²) in [6.07, 6.45) is 14.7. The lowest BCUT2D eigenvalue weighted by Crippen LogP contribution is -1.99. The summed E-state index contributed by atoms with van der Waals surface area (Å²) in [5, 5.41) is 8.82. The summed E-state index contributed by atoms with van der Waals surface area (Å²) >= 11 is 0. The molecule has 3 heteroatoms. The maximum atomic E-state index is 10.7. The minimum atomic E-state index is -0.905. The summed E-state index contributed by atoms with van der Waals surface area (Å²) in [6, 6.07) is 6.59. The molecule has 0 saturated heterocycles. The predicted molar refractivity (Wildman–Crippen MR) is 95.3 cm³/mol. The first-order chi connectivity index (χ1) is 11.2. The van der Waals surface area contributed by atoms with Gasteiger partial charge in [0.15, 0.2) is 0 Å². The molecule has 0 unspecified atom stereocenters. The molecule has 0 radical (unpaired) electrons. The standard InChI is InChI=1S/C20H30O3/c1-2-3-4-5-6-7-8-9-10-11-12-17-23-19-15-13-18(14-16-19)20(21)22/h2,13-16H,1,3-12,17H2,(H,21,22). The van der Waals surface area contributed by atoms with Crippen LogP contribution in [0.1, 0.15) is 74.6 Å². The van der Waals surface area contributed by atoms with Crippen LogP contribution < -0.4 is 4.74 Å². The number of benzene rings is 1. The van der Waals surface area contributed by atoms with Crippen molar-refractivity contribution in [3.05, 3.63) is 42.5 Å². The van der Waals surface area contributed by atoms with Gasteiger partial charge in [0.05, 0.1) is 12.2 Å². The Morgan fingerprint density at radius 2 is 1.43 bits per heavy atom. The van der Waals surface area contributed by atoms with Gasteiger partial charge in [-0.2, -0.15) is 0 Å². The fourth-order valence-electron chi connectivity index (χ4n) is 2.51. The fourth-order valence-corrected chi connectivity index (χ4v) is 2.51. The van der Waals surface area contributed by atoms with Gasteiger partial charge in [-0.3, -0.25) is 0 Å². The molecule has 1 aromatic rings. The van der Waals surface area contributed by atoms with Gasteiger partial charge in [-0.05, 0) is 43.5 Å². The number of unbranched alkanes of at least 4 members (excludes halogenated alkanes) is 9. The second-order valence-corrected chi connectivity index (χ2v) is 5.94. The first-order valence-corrected chi connectivity index (χ1v) is 8.81. The van der Waals surface area contributed by atoms with Crippen LogP contribution in [0.4, 0.5) is 0 Å². The molecular formula is C20H30O3. The summed E-state index contributed by atoms with van der Waals surface area (Å²) in [7, 11) is 0. The van der Waals surface area contributed by atoms with E-state index in [-0.39, 0.29) is 0 Å². The van der Waals surface area contributed by atoms with Crippen molar-refractivity contribution >= 4 is 5.97 Å².